The van der Waals surface area contributed by atoms with Crippen molar-refractivity contribution in [3.05, 3.63) is 34.9 Å². The van der Waals surface area contributed by atoms with Gasteiger partial charge in [0.05, 0.1) is 0 Å². The average molecular weight is 270 g/mol. The number of carbonyl (C=O) groups is 1. The van der Waals surface area contributed by atoms with Gasteiger partial charge in [-0.15, -0.1) is 0 Å². The van der Waals surface area contributed by atoms with Crippen LogP contribution in [-0.2, 0) is 4.74 Å². The molecule has 1 N–H and O–H groups in total. The van der Waals surface area contributed by atoms with Crippen LogP contribution in [0.25, 0.3) is 0 Å². The van der Waals surface area contributed by atoms with Gasteiger partial charge in [0.15, 0.2) is 0 Å². The highest BCUT2D eigenvalue weighted by molar-refractivity contribution is 6.30. The molecule has 0 fully saturated rings. The molecule has 4 heteroatoms. The first-order chi connectivity index (χ1) is 8.74. The predicted molar refractivity (Wildman–Crippen MR) is 74.1 cm³/mol. The summed E-state index contributed by atoms with van der Waals surface area (Å²) in [5.41, 5.74) is 0.631. The summed E-state index contributed by atoms with van der Waals surface area (Å²) < 4.78 is 5.41. The third-order valence-corrected chi connectivity index (χ3v) is 2.75. The molecular weight excluding hydrogens is 250 g/mol. The van der Waals surface area contributed by atoms with E-state index in [1.165, 1.54) is 0 Å². The number of unbranched alkanes of at least 4 members (excludes halogenated alkanes) is 1. The van der Waals surface area contributed by atoms with Gasteiger partial charge in [-0.2, -0.15) is 0 Å². The standard InChI is InChI=1S/C14H20ClNO2/c1-2-3-10-18-11-4-9-16-14(17)12-5-7-13(15)8-6-12/h5-8H,2-4,9-11H2,1H3,(H,16,17). The molecule has 100 valence electrons. The molecule has 0 aliphatic heterocycles. The third kappa shape index (κ3) is 6.03. The predicted octanol–water partition coefficient (Wildman–Crippen LogP) is 3.28. The van der Waals surface area contributed by atoms with Crippen molar-refractivity contribution in [3.63, 3.8) is 0 Å². The fourth-order valence-corrected chi connectivity index (χ4v) is 1.55. The summed E-state index contributed by atoms with van der Waals surface area (Å²) in [6.07, 6.45) is 3.08. The molecule has 1 amide bonds. The second-order valence-corrected chi connectivity index (χ2v) is 4.52. The maximum atomic E-state index is 11.7. The summed E-state index contributed by atoms with van der Waals surface area (Å²) in [6.45, 7) is 4.27. The van der Waals surface area contributed by atoms with E-state index < -0.39 is 0 Å². The molecule has 0 saturated carbocycles. The number of amides is 1. The third-order valence-electron chi connectivity index (χ3n) is 2.50. The van der Waals surface area contributed by atoms with Gasteiger partial charge >= 0.3 is 0 Å². The Morgan fingerprint density at radius 2 is 1.89 bits per heavy atom. The lowest BCUT2D eigenvalue weighted by atomic mass is 10.2. The summed E-state index contributed by atoms with van der Waals surface area (Å²) in [7, 11) is 0. The van der Waals surface area contributed by atoms with Gasteiger partial charge in [0.25, 0.3) is 5.91 Å². The van der Waals surface area contributed by atoms with E-state index in [1.54, 1.807) is 24.3 Å². The van der Waals surface area contributed by atoms with Crippen LogP contribution in [0.3, 0.4) is 0 Å². The lowest BCUT2D eigenvalue weighted by Gasteiger charge is -2.06. The second-order valence-electron chi connectivity index (χ2n) is 4.08. The molecule has 1 aromatic carbocycles. The molecule has 3 nitrogen and oxygen atoms in total. The second kappa shape index (κ2) is 8.95. The molecule has 0 spiro atoms. The number of rotatable bonds is 8. The Kier molecular flexibility index (Phi) is 7.46. The molecule has 0 aromatic heterocycles. The van der Waals surface area contributed by atoms with Crippen molar-refractivity contribution >= 4 is 17.5 Å². The molecule has 0 bridgehead atoms. The normalized spacial score (nSPS) is 10.3. The maximum Gasteiger partial charge on any atom is 0.251 e. The summed E-state index contributed by atoms with van der Waals surface area (Å²) in [4.78, 5) is 11.7. The summed E-state index contributed by atoms with van der Waals surface area (Å²) in [6, 6.07) is 6.86. The molecule has 0 heterocycles. The van der Waals surface area contributed by atoms with Crippen molar-refractivity contribution in [3.8, 4) is 0 Å². The van der Waals surface area contributed by atoms with Crippen molar-refractivity contribution in [2.75, 3.05) is 19.8 Å². The van der Waals surface area contributed by atoms with Crippen molar-refractivity contribution in [2.45, 2.75) is 26.2 Å². The average Bonchev–Trinajstić information content (AvgIpc) is 2.38. The first-order valence-corrected chi connectivity index (χ1v) is 6.73. The van der Waals surface area contributed by atoms with Gasteiger partial charge in [0, 0.05) is 30.3 Å². The van der Waals surface area contributed by atoms with E-state index in [-0.39, 0.29) is 5.91 Å². The minimum atomic E-state index is -0.0692. The van der Waals surface area contributed by atoms with Crippen LogP contribution in [0.4, 0.5) is 0 Å². The molecule has 0 saturated heterocycles. The summed E-state index contributed by atoms with van der Waals surface area (Å²) >= 11 is 5.76. The van der Waals surface area contributed by atoms with Crippen LogP contribution in [0.2, 0.25) is 5.02 Å². The Morgan fingerprint density at radius 1 is 1.22 bits per heavy atom. The first kappa shape index (κ1) is 15.0. The van der Waals surface area contributed by atoms with Crippen LogP contribution >= 0.6 is 11.6 Å². The number of benzene rings is 1. The smallest absolute Gasteiger partial charge is 0.251 e. The zero-order valence-corrected chi connectivity index (χ0v) is 11.5. The lowest BCUT2D eigenvalue weighted by molar-refractivity contribution is 0.0940. The summed E-state index contributed by atoms with van der Waals surface area (Å²) in [5.74, 6) is -0.0692. The van der Waals surface area contributed by atoms with Crippen molar-refractivity contribution in [2.24, 2.45) is 0 Å². The van der Waals surface area contributed by atoms with Crippen molar-refractivity contribution < 1.29 is 9.53 Å². The molecular formula is C14H20ClNO2. The SMILES string of the molecule is CCCCOCCCNC(=O)c1ccc(Cl)cc1. The minimum Gasteiger partial charge on any atom is -0.381 e. The Bertz CT molecular complexity index is 351. The van der Waals surface area contributed by atoms with Gasteiger partial charge in [-0.25, -0.2) is 0 Å². The van der Waals surface area contributed by atoms with Crippen LogP contribution in [0, 0.1) is 0 Å². The Hall–Kier alpha value is -1.06. The quantitative estimate of drug-likeness (QED) is 0.736. The zero-order chi connectivity index (χ0) is 13.2. The number of hydrogen-bond acceptors (Lipinski definition) is 2. The van der Waals surface area contributed by atoms with E-state index in [0.717, 1.165) is 25.9 Å². The number of nitrogens with one attached hydrogen (secondary N) is 1. The Labute approximate surface area is 113 Å². The van der Waals surface area contributed by atoms with E-state index in [0.29, 0.717) is 23.7 Å². The van der Waals surface area contributed by atoms with Gasteiger partial charge < -0.3 is 10.1 Å². The van der Waals surface area contributed by atoms with Crippen LogP contribution < -0.4 is 5.32 Å². The molecule has 1 aromatic rings. The molecule has 18 heavy (non-hydrogen) atoms. The molecule has 1 rings (SSSR count). The maximum absolute atomic E-state index is 11.7. The van der Waals surface area contributed by atoms with E-state index in [4.69, 9.17) is 16.3 Å². The molecule has 0 unspecified atom stereocenters. The van der Waals surface area contributed by atoms with Crippen LogP contribution in [0.5, 0.6) is 0 Å². The van der Waals surface area contributed by atoms with Gasteiger partial charge in [0.1, 0.15) is 0 Å². The minimum absolute atomic E-state index is 0.0692. The molecule has 0 aliphatic carbocycles. The lowest BCUT2D eigenvalue weighted by Crippen LogP contribution is -2.25. The van der Waals surface area contributed by atoms with Crippen molar-refractivity contribution in [1.29, 1.82) is 0 Å². The van der Waals surface area contributed by atoms with Gasteiger partial charge in [0.2, 0.25) is 0 Å². The number of halogens is 1. The van der Waals surface area contributed by atoms with Gasteiger partial charge in [-0.05, 0) is 37.1 Å². The highest BCUT2D eigenvalue weighted by Gasteiger charge is 2.03. The Morgan fingerprint density at radius 3 is 2.56 bits per heavy atom. The molecule has 0 aliphatic rings. The molecule has 0 radical (unpaired) electrons. The molecule has 0 atom stereocenters. The van der Waals surface area contributed by atoms with E-state index in [9.17, 15) is 4.79 Å². The number of hydrogen-bond donors (Lipinski definition) is 1. The fourth-order valence-electron chi connectivity index (χ4n) is 1.43. The monoisotopic (exact) mass is 269 g/mol. The summed E-state index contributed by atoms with van der Waals surface area (Å²) in [5, 5.41) is 3.48. The number of carbonyl (C=O) groups excluding carboxylic acids is 1. The van der Waals surface area contributed by atoms with Crippen molar-refractivity contribution in [1.82, 2.24) is 5.32 Å². The number of ether oxygens (including phenoxy) is 1. The largest absolute Gasteiger partial charge is 0.381 e. The highest BCUT2D eigenvalue weighted by atomic mass is 35.5. The van der Waals surface area contributed by atoms with Crippen LogP contribution in [0.15, 0.2) is 24.3 Å². The zero-order valence-electron chi connectivity index (χ0n) is 10.7. The van der Waals surface area contributed by atoms with Crippen LogP contribution in [-0.4, -0.2) is 25.7 Å². The van der Waals surface area contributed by atoms with E-state index >= 15 is 0 Å². The topological polar surface area (TPSA) is 38.3 Å². The van der Waals surface area contributed by atoms with Crippen LogP contribution in [0.1, 0.15) is 36.5 Å². The van der Waals surface area contributed by atoms with E-state index in [2.05, 4.69) is 12.2 Å². The highest BCUT2D eigenvalue weighted by Crippen LogP contribution is 2.09. The van der Waals surface area contributed by atoms with Gasteiger partial charge in [-0.1, -0.05) is 24.9 Å². The first-order valence-electron chi connectivity index (χ1n) is 6.35. The van der Waals surface area contributed by atoms with Gasteiger partial charge in [-0.3, -0.25) is 4.79 Å². The van der Waals surface area contributed by atoms with E-state index in [1.807, 2.05) is 0 Å². The Balaban J connectivity index is 2.12. The fraction of sp³-hybridized carbons (Fsp3) is 0.500.